The molecule has 1 fully saturated rings. The number of carbonyl (C=O) groups is 4. The number of halogens is 1. The number of nitrogens with zero attached hydrogens (tertiary/aromatic N) is 1. The molecule has 0 bridgehead atoms. The number of imide groups is 1. The number of hydrogen-bond acceptors (Lipinski definition) is 5. The van der Waals surface area contributed by atoms with E-state index >= 15 is 0 Å². The van der Waals surface area contributed by atoms with Gasteiger partial charge in [0.2, 0.25) is 5.91 Å². The van der Waals surface area contributed by atoms with E-state index in [9.17, 15) is 23.6 Å². The lowest BCUT2D eigenvalue weighted by atomic mass is 10.2. The van der Waals surface area contributed by atoms with Gasteiger partial charge in [-0.1, -0.05) is 6.07 Å². The molecule has 0 saturated carbocycles. The highest BCUT2D eigenvalue weighted by atomic mass is 19.1. The van der Waals surface area contributed by atoms with Gasteiger partial charge in [-0.15, -0.1) is 0 Å². The highest BCUT2D eigenvalue weighted by Gasteiger charge is 2.28. The second-order valence-electron chi connectivity index (χ2n) is 5.44. The van der Waals surface area contributed by atoms with Crippen LogP contribution in [0, 0.1) is 5.82 Å². The first kappa shape index (κ1) is 18.4. The van der Waals surface area contributed by atoms with Crippen LogP contribution in [0.4, 0.5) is 14.9 Å². The second kappa shape index (κ2) is 8.22. The van der Waals surface area contributed by atoms with Gasteiger partial charge >= 0.3 is 12.0 Å². The summed E-state index contributed by atoms with van der Waals surface area (Å²) >= 11 is 0. The van der Waals surface area contributed by atoms with E-state index in [0.29, 0.717) is 0 Å². The van der Waals surface area contributed by atoms with Crippen LogP contribution in [0.25, 0.3) is 0 Å². The lowest BCUT2D eigenvalue weighted by Gasteiger charge is -2.15. The van der Waals surface area contributed by atoms with Crippen LogP contribution in [-0.2, 0) is 19.1 Å². The molecule has 0 radical (unpaired) electrons. The van der Waals surface area contributed by atoms with Crippen LogP contribution in [0.1, 0.15) is 19.8 Å². The summed E-state index contributed by atoms with van der Waals surface area (Å²) < 4.78 is 18.0. The van der Waals surface area contributed by atoms with Crippen molar-refractivity contribution in [3.63, 3.8) is 0 Å². The summed E-state index contributed by atoms with van der Waals surface area (Å²) in [5.41, 5.74) is 0.256. The summed E-state index contributed by atoms with van der Waals surface area (Å²) in [4.78, 5) is 47.4. The maximum absolute atomic E-state index is 13.1. The first-order chi connectivity index (χ1) is 11.9. The number of esters is 1. The number of ether oxygens (including phenoxy) is 1. The van der Waals surface area contributed by atoms with Gasteiger partial charge in [-0.2, -0.15) is 0 Å². The number of benzene rings is 1. The van der Waals surface area contributed by atoms with E-state index in [2.05, 4.69) is 10.6 Å². The van der Waals surface area contributed by atoms with Crippen LogP contribution in [-0.4, -0.2) is 47.9 Å². The second-order valence-corrected chi connectivity index (χ2v) is 5.44. The summed E-state index contributed by atoms with van der Waals surface area (Å²) in [6, 6.07) is 4.85. The zero-order chi connectivity index (χ0) is 18.4. The average Bonchev–Trinajstić information content (AvgIpc) is 2.86. The lowest BCUT2D eigenvalue weighted by Crippen LogP contribution is -2.33. The average molecular weight is 351 g/mol. The Bertz CT molecular complexity index is 678. The lowest BCUT2D eigenvalue weighted by molar-refractivity contribution is -0.153. The van der Waals surface area contributed by atoms with E-state index in [1.54, 1.807) is 0 Å². The number of nitrogens with one attached hydrogen (secondary N) is 2. The molecule has 0 aromatic heterocycles. The molecule has 4 amide bonds. The largest absolute Gasteiger partial charge is 0.453 e. The van der Waals surface area contributed by atoms with Crippen LogP contribution in [0.5, 0.6) is 0 Å². The molecule has 0 aliphatic carbocycles. The molecule has 1 atom stereocenters. The Morgan fingerprint density at radius 3 is 2.80 bits per heavy atom. The number of amides is 4. The first-order valence-electron chi connectivity index (χ1n) is 7.71. The molecule has 1 aliphatic heterocycles. The van der Waals surface area contributed by atoms with Gasteiger partial charge in [0.1, 0.15) is 5.82 Å². The third-order valence-electron chi connectivity index (χ3n) is 3.47. The summed E-state index contributed by atoms with van der Waals surface area (Å²) in [5, 5.41) is 4.81. The van der Waals surface area contributed by atoms with E-state index in [1.807, 2.05) is 0 Å². The number of urea groups is 1. The van der Waals surface area contributed by atoms with Gasteiger partial charge in [0.05, 0.1) is 6.54 Å². The predicted octanol–water partition coefficient (Wildman–Crippen LogP) is 1.03. The molecule has 1 saturated heterocycles. The minimum absolute atomic E-state index is 0.0411. The Labute approximate surface area is 143 Å². The first-order valence-corrected chi connectivity index (χ1v) is 7.71. The maximum Gasteiger partial charge on any atom is 0.324 e. The van der Waals surface area contributed by atoms with E-state index < -0.39 is 29.8 Å². The van der Waals surface area contributed by atoms with Crippen LogP contribution in [0.2, 0.25) is 0 Å². The third-order valence-corrected chi connectivity index (χ3v) is 3.47. The van der Waals surface area contributed by atoms with Crippen molar-refractivity contribution in [3.05, 3.63) is 30.1 Å². The van der Waals surface area contributed by atoms with E-state index in [0.717, 1.165) is 11.0 Å². The smallest absolute Gasteiger partial charge is 0.324 e. The zero-order valence-corrected chi connectivity index (χ0v) is 13.6. The fraction of sp³-hybridized carbons (Fsp3) is 0.375. The molecule has 25 heavy (non-hydrogen) atoms. The Morgan fingerprint density at radius 2 is 2.16 bits per heavy atom. The van der Waals surface area contributed by atoms with Gasteiger partial charge in [-0.05, 0) is 31.5 Å². The zero-order valence-electron chi connectivity index (χ0n) is 13.6. The van der Waals surface area contributed by atoms with Crippen LogP contribution in [0.3, 0.4) is 0 Å². The van der Waals surface area contributed by atoms with Gasteiger partial charge < -0.3 is 15.4 Å². The van der Waals surface area contributed by atoms with Crippen molar-refractivity contribution in [2.75, 3.05) is 18.4 Å². The van der Waals surface area contributed by atoms with Crippen molar-refractivity contribution in [3.8, 4) is 0 Å². The van der Waals surface area contributed by atoms with Crippen molar-refractivity contribution < 1.29 is 28.3 Å². The standard InChI is InChI=1S/C16H18FN3O5/c1-10(15(23)19-12-5-2-4-11(17)8-12)25-14(22)6-3-7-20-13(21)9-18-16(20)24/h2,4-5,8,10H,3,6-7,9H2,1H3,(H,18,24)(H,19,23)/t10-/m1/s1. The maximum atomic E-state index is 13.1. The summed E-state index contributed by atoms with van der Waals surface area (Å²) in [6.07, 6.45) is -0.877. The van der Waals surface area contributed by atoms with Crippen LogP contribution >= 0.6 is 0 Å². The fourth-order valence-electron chi connectivity index (χ4n) is 2.18. The number of carbonyl (C=O) groups excluding carboxylic acids is 4. The molecule has 1 heterocycles. The van der Waals surface area contributed by atoms with E-state index in [-0.39, 0.29) is 37.5 Å². The highest BCUT2D eigenvalue weighted by Crippen LogP contribution is 2.10. The highest BCUT2D eigenvalue weighted by molar-refractivity contribution is 6.01. The summed E-state index contributed by atoms with van der Waals surface area (Å²) in [6.45, 7) is 1.45. The molecule has 8 nitrogen and oxygen atoms in total. The van der Waals surface area contributed by atoms with Gasteiger partial charge in [0.15, 0.2) is 6.10 Å². The normalized spacial score (nSPS) is 14.9. The molecule has 0 spiro atoms. The Morgan fingerprint density at radius 1 is 1.40 bits per heavy atom. The quantitative estimate of drug-likeness (QED) is 0.564. The Kier molecular flexibility index (Phi) is 6.04. The molecule has 134 valence electrons. The van der Waals surface area contributed by atoms with Crippen LogP contribution in [0.15, 0.2) is 24.3 Å². The van der Waals surface area contributed by atoms with Gasteiger partial charge in [0, 0.05) is 18.7 Å². The number of anilines is 1. The van der Waals surface area contributed by atoms with Gasteiger partial charge in [-0.3, -0.25) is 19.3 Å². The molecule has 0 unspecified atom stereocenters. The minimum atomic E-state index is -1.06. The third kappa shape index (κ3) is 5.27. The summed E-state index contributed by atoms with van der Waals surface area (Å²) in [7, 11) is 0. The van der Waals surface area contributed by atoms with Crippen molar-refractivity contribution in [1.29, 1.82) is 0 Å². The number of hydrogen-bond donors (Lipinski definition) is 2. The molecule has 2 rings (SSSR count). The van der Waals surface area contributed by atoms with Crippen molar-refractivity contribution in [2.24, 2.45) is 0 Å². The minimum Gasteiger partial charge on any atom is -0.453 e. The van der Waals surface area contributed by atoms with E-state index in [4.69, 9.17) is 4.74 Å². The molecular formula is C16H18FN3O5. The van der Waals surface area contributed by atoms with Crippen LogP contribution < -0.4 is 10.6 Å². The van der Waals surface area contributed by atoms with Crippen molar-refractivity contribution >= 4 is 29.5 Å². The molecule has 9 heteroatoms. The molecule has 1 aromatic rings. The van der Waals surface area contributed by atoms with Gasteiger partial charge in [-0.25, -0.2) is 9.18 Å². The van der Waals surface area contributed by atoms with Crippen molar-refractivity contribution in [2.45, 2.75) is 25.9 Å². The molecule has 1 aromatic carbocycles. The van der Waals surface area contributed by atoms with Gasteiger partial charge in [0.25, 0.3) is 5.91 Å². The molecule has 2 N–H and O–H groups in total. The van der Waals surface area contributed by atoms with E-state index in [1.165, 1.54) is 25.1 Å². The van der Waals surface area contributed by atoms with Crippen molar-refractivity contribution in [1.82, 2.24) is 10.2 Å². The molecule has 1 aliphatic rings. The Balaban J connectivity index is 1.73. The topological polar surface area (TPSA) is 105 Å². The Hall–Kier alpha value is -2.97. The number of rotatable bonds is 7. The fourth-order valence-corrected chi connectivity index (χ4v) is 2.18. The summed E-state index contributed by atoms with van der Waals surface area (Å²) in [5.74, 6) is -2.06. The molecular weight excluding hydrogens is 333 g/mol. The predicted molar refractivity (Wildman–Crippen MR) is 84.9 cm³/mol. The SMILES string of the molecule is C[C@@H](OC(=O)CCCN1C(=O)CNC1=O)C(=O)Nc1cccc(F)c1. The monoisotopic (exact) mass is 351 g/mol.